The smallest absolute Gasteiger partial charge is 0.347 e. The molecule has 4 heteroatoms. The summed E-state index contributed by atoms with van der Waals surface area (Å²) in [5.41, 5.74) is 6.76. The van der Waals surface area contributed by atoms with Crippen molar-refractivity contribution in [1.29, 1.82) is 0 Å². The van der Waals surface area contributed by atoms with E-state index in [-0.39, 0.29) is 5.97 Å². The summed E-state index contributed by atoms with van der Waals surface area (Å²) < 4.78 is 10.7. The van der Waals surface area contributed by atoms with Gasteiger partial charge in [-0.15, -0.1) is 0 Å². The highest BCUT2D eigenvalue weighted by molar-refractivity contribution is 5.88. The Morgan fingerprint density at radius 2 is 2.11 bits per heavy atom. The van der Waals surface area contributed by atoms with Gasteiger partial charge in [0.2, 0.25) is 0 Å². The molecule has 1 saturated heterocycles. The predicted molar refractivity (Wildman–Crippen MR) is 71.8 cm³/mol. The van der Waals surface area contributed by atoms with Crippen LogP contribution < -0.4 is 10.5 Å². The van der Waals surface area contributed by atoms with Gasteiger partial charge in [0, 0.05) is 18.5 Å². The summed E-state index contributed by atoms with van der Waals surface area (Å²) >= 11 is 0. The Labute approximate surface area is 111 Å². The number of nitrogens with two attached hydrogens (primary N) is 1. The van der Waals surface area contributed by atoms with Gasteiger partial charge in [0.1, 0.15) is 5.75 Å². The van der Waals surface area contributed by atoms with Crippen LogP contribution in [0.15, 0.2) is 36.4 Å². The molecular formula is C15H15NO3. The molecule has 2 N–H and O–H groups in total. The Hall–Kier alpha value is -2.07. The highest BCUT2D eigenvalue weighted by atomic mass is 16.6. The highest BCUT2D eigenvalue weighted by Gasteiger charge is 2.29. The second-order valence-electron chi connectivity index (χ2n) is 4.53. The van der Waals surface area contributed by atoms with E-state index in [9.17, 15) is 4.79 Å². The van der Waals surface area contributed by atoms with E-state index in [1.54, 1.807) is 0 Å². The Morgan fingerprint density at radius 3 is 2.84 bits per heavy atom. The van der Waals surface area contributed by atoms with Gasteiger partial charge in [-0.2, -0.15) is 0 Å². The van der Waals surface area contributed by atoms with E-state index in [0.29, 0.717) is 25.3 Å². The normalized spacial score (nSPS) is 18.6. The largest absolute Gasteiger partial charge is 0.478 e. The van der Waals surface area contributed by atoms with Crippen LogP contribution in [0.25, 0.3) is 10.8 Å². The molecule has 0 radical (unpaired) electrons. The zero-order valence-corrected chi connectivity index (χ0v) is 10.5. The number of carbonyl (C=O) groups is 1. The van der Waals surface area contributed by atoms with Crippen molar-refractivity contribution in [1.82, 2.24) is 0 Å². The number of esters is 1. The minimum atomic E-state index is -0.508. The summed E-state index contributed by atoms with van der Waals surface area (Å²) in [5, 5.41) is 2.18. The van der Waals surface area contributed by atoms with Crippen molar-refractivity contribution < 1.29 is 14.3 Å². The average Bonchev–Trinajstić information content (AvgIpc) is 2.84. The SMILES string of the molecule is NCc1c(OC2CCOC2=O)ccc2ccccc12. The van der Waals surface area contributed by atoms with E-state index in [4.69, 9.17) is 15.2 Å². The molecule has 2 aromatic carbocycles. The van der Waals surface area contributed by atoms with Crippen molar-refractivity contribution >= 4 is 16.7 Å². The van der Waals surface area contributed by atoms with Crippen LogP contribution >= 0.6 is 0 Å². The Kier molecular flexibility index (Phi) is 3.09. The van der Waals surface area contributed by atoms with Gasteiger partial charge < -0.3 is 15.2 Å². The molecule has 2 aromatic rings. The fraction of sp³-hybridized carbons (Fsp3) is 0.267. The second kappa shape index (κ2) is 4.90. The molecule has 0 bridgehead atoms. The van der Waals surface area contributed by atoms with Crippen LogP contribution in [0, 0.1) is 0 Å². The van der Waals surface area contributed by atoms with Gasteiger partial charge in [0.05, 0.1) is 6.61 Å². The van der Waals surface area contributed by atoms with Crippen molar-refractivity contribution in [3.05, 3.63) is 42.0 Å². The number of carbonyl (C=O) groups excluding carboxylic acids is 1. The molecule has 1 unspecified atom stereocenters. The van der Waals surface area contributed by atoms with E-state index in [1.165, 1.54) is 0 Å². The summed E-state index contributed by atoms with van der Waals surface area (Å²) in [6.45, 7) is 0.799. The lowest BCUT2D eigenvalue weighted by molar-refractivity contribution is -0.143. The molecule has 1 heterocycles. The lowest BCUT2D eigenvalue weighted by Crippen LogP contribution is -2.22. The van der Waals surface area contributed by atoms with Crippen molar-refractivity contribution in [3.63, 3.8) is 0 Å². The van der Waals surface area contributed by atoms with Crippen LogP contribution in [0.2, 0.25) is 0 Å². The maximum absolute atomic E-state index is 11.5. The molecule has 98 valence electrons. The zero-order valence-electron chi connectivity index (χ0n) is 10.5. The van der Waals surface area contributed by atoms with Gasteiger partial charge in [0.15, 0.2) is 6.10 Å². The second-order valence-corrected chi connectivity index (χ2v) is 4.53. The van der Waals surface area contributed by atoms with Gasteiger partial charge >= 0.3 is 5.97 Å². The molecule has 0 spiro atoms. The van der Waals surface area contributed by atoms with Gasteiger partial charge in [-0.3, -0.25) is 0 Å². The highest BCUT2D eigenvalue weighted by Crippen LogP contribution is 2.29. The Balaban J connectivity index is 2.01. The molecule has 19 heavy (non-hydrogen) atoms. The van der Waals surface area contributed by atoms with E-state index in [1.807, 2.05) is 36.4 Å². The molecule has 1 atom stereocenters. The molecule has 3 rings (SSSR count). The molecule has 1 fully saturated rings. The van der Waals surface area contributed by atoms with E-state index in [2.05, 4.69) is 0 Å². The van der Waals surface area contributed by atoms with Crippen molar-refractivity contribution in [2.75, 3.05) is 6.61 Å². The van der Waals surface area contributed by atoms with Gasteiger partial charge in [0.25, 0.3) is 0 Å². The first-order valence-corrected chi connectivity index (χ1v) is 6.33. The monoisotopic (exact) mass is 257 g/mol. The molecule has 0 amide bonds. The summed E-state index contributed by atoms with van der Waals surface area (Å²) in [6, 6.07) is 11.8. The van der Waals surface area contributed by atoms with E-state index < -0.39 is 6.10 Å². The number of ether oxygens (including phenoxy) is 2. The first-order chi connectivity index (χ1) is 9.29. The van der Waals surface area contributed by atoms with Crippen molar-refractivity contribution in [2.24, 2.45) is 5.73 Å². The molecule has 0 aliphatic carbocycles. The number of hydrogen-bond acceptors (Lipinski definition) is 4. The predicted octanol–water partition coefficient (Wildman–Crippen LogP) is 1.99. The lowest BCUT2D eigenvalue weighted by atomic mass is 10.0. The fourth-order valence-corrected chi connectivity index (χ4v) is 2.37. The number of rotatable bonds is 3. The van der Waals surface area contributed by atoms with E-state index >= 15 is 0 Å². The van der Waals surface area contributed by atoms with Crippen LogP contribution in [-0.4, -0.2) is 18.7 Å². The Morgan fingerprint density at radius 1 is 1.26 bits per heavy atom. The first-order valence-electron chi connectivity index (χ1n) is 6.33. The molecule has 1 aliphatic heterocycles. The van der Waals surface area contributed by atoms with Crippen LogP contribution in [-0.2, 0) is 16.1 Å². The number of benzene rings is 2. The third-order valence-corrected chi connectivity index (χ3v) is 3.36. The lowest BCUT2D eigenvalue weighted by Gasteiger charge is -2.15. The number of fused-ring (bicyclic) bond motifs is 1. The zero-order chi connectivity index (χ0) is 13.2. The van der Waals surface area contributed by atoms with Gasteiger partial charge in [-0.1, -0.05) is 30.3 Å². The first kappa shape index (κ1) is 12.0. The van der Waals surface area contributed by atoms with Crippen molar-refractivity contribution in [2.45, 2.75) is 19.1 Å². The third kappa shape index (κ3) is 2.15. The molecule has 1 aliphatic rings. The maximum Gasteiger partial charge on any atom is 0.347 e. The number of cyclic esters (lactones) is 1. The third-order valence-electron chi connectivity index (χ3n) is 3.36. The number of hydrogen-bond donors (Lipinski definition) is 1. The minimum Gasteiger partial charge on any atom is -0.478 e. The molecular weight excluding hydrogens is 242 g/mol. The van der Waals surface area contributed by atoms with Gasteiger partial charge in [-0.05, 0) is 16.8 Å². The standard InChI is InChI=1S/C15H15NO3/c16-9-12-11-4-2-1-3-10(11)5-6-13(12)19-14-7-8-18-15(14)17/h1-6,14H,7-9,16H2. The topological polar surface area (TPSA) is 61.6 Å². The fourth-order valence-electron chi connectivity index (χ4n) is 2.37. The van der Waals surface area contributed by atoms with Crippen LogP contribution in [0.4, 0.5) is 0 Å². The summed E-state index contributed by atoms with van der Waals surface area (Å²) in [5.74, 6) is 0.376. The van der Waals surface area contributed by atoms with Crippen molar-refractivity contribution in [3.8, 4) is 5.75 Å². The maximum atomic E-state index is 11.5. The van der Waals surface area contributed by atoms with Crippen LogP contribution in [0.3, 0.4) is 0 Å². The molecule has 0 aromatic heterocycles. The average molecular weight is 257 g/mol. The van der Waals surface area contributed by atoms with Gasteiger partial charge in [-0.25, -0.2) is 4.79 Å². The van der Waals surface area contributed by atoms with Crippen LogP contribution in [0.1, 0.15) is 12.0 Å². The summed E-state index contributed by atoms with van der Waals surface area (Å²) in [4.78, 5) is 11.5. The minimum absolute atomic E-state index is 0.295. The van der Waals surface area contributed by atoms with Crippen LogP contribution in [0.5, 0.6) is 5.75 Å². The molecule has 0 saturated carbocycles. The quantitative estimate of drug-likeness (QED) is 0.854. The Bertz CT molecular complexity index is 624. The summed E-state index contributed by atoms with van der Waals surface area (Å²) in [6.07, 6.45) is 0.0850. The molecule has 4 nitrogen and oxygen atoms in total. The summed E-state index contributed by atoms with van der Waals surface area (Å²) in [7, 11) is 0. The van der Waals surface area contributed by atoms with E-state index in [0.717, 1.165) is 16.3 Å².